The van der Waals surface area contributed by atoms with E-state index in [1.165, 1.54) is 0 Å². The minimum atomic E-state index is -2.13. The Balaban J connectivity index is 2.43. The predicted molar refractivity (Wildman–Crippen MR) is 117 cm³/mol. The Morgan fingerprint density at radius 1 is 0.889 bits per heavy atom. The second kappa shape index (κ2) is 7.77. The second-order valence-corrected chi connectivity index (χ2v) is 12.8. The van der Waals surface area contributed by atoms with Crippen LogP contribution in [0.2, 0.25) is 19.6 Å². The quantitative estimate of drug-likeness (QED) is 0.340. The summed E-state index contributed by atoms with van der Waals surface area (Å²) < 4.78 is 22.5. The Morgan fingerprint density at radius 2 is 1.37 bits per heavy atom. The van der Waals surface area contributed by atoms with Gasteiger partial charge in [0.2, 0.25) is 5.95 Å². The normalized spacial score (nSPS) is 12.2. The third-order valence-electron chi connectivity index (χ3n) is 4.12. The van der Waals surface area contributed by atoms with Crippen molar-refractivity contribution in [3.8, 4) is 0 Å². The summed E-state index contributed by atoms with van der Waals surface area (Å²) in [4.78, 5) is 8.75. The molecule has 140 valence electrons. The van der Waals surface area contributed by atoms with E-state index in [4.69, 9.17) is 4.43 Å². The molecule has 0 N–H and O–H groups in total. The first-order valence-corrected chi connectivity index (χ1v) is 13.2. The third-order valence-corrected chi connectivity index (χ3v) is 6.06. The van der Waals surface area contributed by atoms with Gasteiger partial charge >= 0.3 is 0 Å². The molecule has 0 saturated carbocycles. The van der Waals surface area contributed by atoms with Crippen LogP contribution in [0.15, 0.2) is 60.7 Å². The van der Waals surface area contributed by atoms with Gasteiger partial charge in [0.05, 0.1) is 5.69 Å². The Kier molecular flexibility index (Phi) is 5.78. The molecule has 0 radical (unpaired) electrons. The van der Waals surface area contributed by atoms with Gasteiger partial charge in [0.1, 0.15) is 9.39 Å². The van der Waals surface area contributed by atoms with Crippen molar-refractivity contribution in [2.45, 2.75) is 32.2 Å². The fourth-order valence-corrected chi connectivity index (χ4v) is 4.70. The number of benzene rings is 2. The average Bonchev–Trinajstić information content (AvgIpc) is 2.63. The maximum atomic E-state index is 15.2. The summed E-state index contributed by atoms with van der Waals surface area (Å²) in [5, 5.41) is 0. The van der Waals surface area contributed by atoms with Gasteiger partial charge in [-0.3, -0.25) is 0 Å². The Hall–Kier alpha value is -1.64. The fourth-order valence-electron chi connectivity index (χ4n) is 3.12. The second-order valence-electron chi connectivity index (χ2n) is 7.37. The van der Waals surface area contributed by atoms with Crippen molar-refractivity contribution < 1.29 is 8.82 Å². The lowest BCUT2D eigenvalue weighted by atomic mass is 9.83. The van der Waals surface area contributed by atoms with E-state index in [9.17, 15) is 0 Å². The largest absolute Gasteiger partial charge is 0.399 e. The Morgan fingerprint density at radius 3 is 1.81 bits per heavy atom. The highest BCUT2D eigenvalue weighted by atomic mass is 127. The van der Waals surface area contributed by atoms with Crippen LogP contribution in [-0.2, 0) is 10.0 Å². The molecule has 1 heterocycles. The molecule has 0 saturated heterocycles. The number of aryl methyl sites for hydroxylation is 1. The lowest BCUT2D eigenvalue weighted by Gasteiger charge is -2.39. The maximum absolute atomic E-state index is 15.2. The number of hydrogen-bond acceptors (Lipinski definition) is 3. The Bertz CT molecular complexity index is 891. The zero-order valence-electron chi connectivity index (χ0n) is 15.8. The summed E-state index contributed by atoms with van der Waals surface area (Å²) in [7, 11) is -2.13. The molecule has 0 unspecified atom stereocenters. The molecule has 0 aliphatic rings. The summed E-state index contributed by atoms with van der Waals surface area (Å²) in [5.41, 5.74) is 1.42. The van der Waals surface area contributed by atoms with Gasteiger partial charge < -0.3 is 4.43 Å². The molecular weight excluding hydrogens is 470 g/mol. The number of aromatic nitrogens is 2. The highest BCUT2D eigenvalue weighted by Crippen LogP contribution is 2.42. The van der Waals surface area contributed by atoms with Gasteiger partial charge in [0.15, 0.2) is 13.9 Å². The van der Waals surface area contributed by atoms with Crippen LogP contribution in [0.3, 0.4) is 0 Å². The van der Waals surface area contributed by atoms with Crippen LogP contribution in [0, 0.1) is 16.6 Å². The summed E-state index contributed by atoms with van der Waals surface area (Å²) in [6.45, 7) is 8.13. The standard InChI is InChI=1S/C21H22FIN2OSi/c1-15-20(23)25-19(22)18(24-15)21(26-27(2,3)4,16-11-7-5-8-12-16)17-13-9-6-10-14-17/h5-14H,1-4H3. The van der Waals surface area contributed by atoms with Crippen molar-refractivity contribution in [1.29, 1.82) is 0 Å². The van der Waals surface area contributed by atoms with Gasteiger partial charge in [-0.05, 0) is 60.3 Å². The fraction of sp³-hybridized carbons (Fsp3) is 0.238. The highest BCUT2D eigenvalue weighted by Gasteiger charge is 2.45. The number of halogens is 2. The first-order chi connectivity index (χ1) is 12.7. The molecule has 0 fully saturated rings. The van der Waals surface area contributed by atoms with Crippen LogP contribution in [0.1, 0.15) is 22.5 Å². The average molecular weight is 492 g/mol. The van der Waals surface area contributed by atoms with Crippen LogP contribution in [0.25, 0.3) is 0 Å². The van der Waals surface area contributed by atoms with E-state index in [-0.39, 0.29) is 5.69 Å². The van der Waals surface area contributed by atoms with Crippen molar-refractivity contribution in [3.05, 3.63) is 92.8 Å². The van der Waals surface area contributed by atoms with Gasteiger partial charge in [-0.15, -0.1) is 0 Å². The van der Waals surface area contributed by atoms with Gasteiger partial charge in [-0.25, -0.2) is 9.97 Å². The van der Waals surface area contributed by atoms with Crippen molar-refractivity contribution in [2.75, 3.05) is 0 Å². The first-order valence-electron chi connectivity index (χ1n) is 8.75. The molecule has 0 aliphatic heterocycles. The molecule has 1 aromatic heterocycles. The van der Waals surface area contributed by atoms with E-state index in [2.05, 4.69) is 29.6 Å². The van der Waals surface area contributed by atoms with Crippen molar-refractivity contribution in [2.24, 2.45) is 0 Å². The molecule has 0 spiro atoms. The molecule has 0 amide bonds. The zero-order valence-corrected chi connectivity index (χ0v) is 19.0. The molecule has 3 nitrogen and oxygen atoms in total. The van der Waals surface area contributed by atoms with E-state index >= 15 is 4.39 Å². The third kappa shape index (κ3) is 4.12. The minimum Gasteiger partial charge on any atom is -0.399 e. The molecule has 2 aromatic carbocycles. The van der Waals surface area contributed by atoms with Gasteiger partial charge in [0, 0.05) is 0 Å². The van der Waals surface area contributed by atoms with Gasteiger partial charge in [-0.1, -0.05) is 60.7 Å². The topological polar surface area (TPSA) is 35.0 Å². The monoisotopic (exact) mass is 492 g/mol. The number of hydrogen-bond donors (Lipinski definition) is 0. The molecule has 0 bridgehead atoms. The molecule has 0 aliphatic carbocycles. The highest BCUT2D eigenvalue weighted by molar-refractivity contribution is 14.1. The summed E-state index contributed by atoms with van der Waals surface area (Å²) in [6, 6.07) is 19.5. The molecule has 3 rings (SSSR count). The first kappa shape index (κ1) is 20.1. The zero-order chi connectivity index (χ0) is 19.7. The van der Waals surface area contributed by atoms with E-state index in [0.29, 0.717) is 9.39 Å². The van der Waals surface area contributed by atoms with E-state index in [1.807, 2.05) is 90.2 Å². The smallest absolute Gasteiger partial charge is 0.239 e. The maximum Gasteiger partial charge on any atom is 0.239 e. The molecule has 6 heteroatoms. The van der Waals surface area contributed by atoms with E-state index in [0.717, 1.165) is 11.1 Å². The number of nitrogens with zero attached hydrogens (tertiary/aromatic N) is 2. The van der Waals surface area contributed by atoms with E-state index < -0.39 is 19.9 Å². The lowest BCUT2D eigenvalue weighted by Crippen LogP contribution is -2.44. The van der Waals surface area contributed by atoms with Crippen LogP contribution >= 0.6 is 22.6 Å². The predicted octanol–water partition coefficient (Wildman–Crippen LogP) is 5.67. The minimum absolute atomic E-state index is 0.209. The van der Waals surface area contributed by atoms with Gasteiger partial charge in [-0.2, -0.15) is 4.39 Å². The van der Waals surface area contributed by atoms with Crippen LogP contribution in [0.5, 0.6) is 0 Å². The molecular formula is C21H22FIN2OSi. The summed E-state index contributed by atoms with van der Waals surface area (Å²) in [6.07, 6.45) is 0. The number of rotatable bonds is 5. The van der Waals surface area contributed by atoms with Gasteiger partial charge in [0.25, 0.3) is 0 Å². The van der Waals surface area contributed by atoms with Crippen molar-refractivity contribution in [1.82, 2.24) is 9.97 Å². The summed E-state index contributed by atoms with van der Waals surface area (Å²) >= 11 is 2.01. The van der Waals surface area contributed by atoms with Crippen LogP contribution < -0.4 is 0 Å². The SMILES string of the molecule is Cc1nc(C(O[Si](C)(C)C)(c2ccccc2)c2ccccc2)c(F)nc1I. The Labute approximate surface area is 174 Å². The van der Waals surface area contributed by atoms with Crippen molar-refractivity contribution >= 4 is 30.9 Å². The van der Waals surface area contributed by atoms with Crippen LogP contribution in [0.4, 0.5) is 4.39 Å². The van der Waals surface area contributed by atoms with E-state index in [1.54, 1.807) is 0 Å². The molecule has 27 heavy (non-hydrogen) atoms. The molecule has 3 aromatic rings. The lowest BCUT2D eigenvalue weighted by molar-refractivity contribution is 0.135. The molecule has 0 atom stereocenters. The van der Waals surface area contributed by atoms with Crippen molar-refractivity contribution in [3.63, 3.8) is 0 Å². The summed E-state index contributed by atoms with van der Waals surface area (Å²) in [5.74, 6) is -0.601. The van der Waals surface area contributed by atoms with Crippen LogP contribution in [-0.4, -0.2) is 18.3 Å².